The summed E-state index contributed by atoms with van der Waals surface area (Å²) < 4.78 is 12.7. The van der Waals surface area contributed by atoms with Gasteiger partial charge in [-0.2, -0.15) is 0 Å². The van der Waals surface area contributed by atoms with Crippen LogP contribution in [0.3, 0.4) is 0 Å². The molecule has 94 valence electrons. The number of imidazole rings is 1. The van der Waals surface area contributed by atoms with Crippen molar-refractivity contribution in [1.29, 1.82) is 0 Å². The van der Waals surface area contributed by atoms with Gasteiger partial charge in [0.05, 0.1) is 12.7 Å². The van der Waals surface area contributed by atoms with Crippen molar-refractivity contribution >= 4 is 6.29 Å². The van der Waals surface area contributed by atoms with Crippen LogP contribution in [-0.4, -0.2) is 22.9 Å². The van der Waals surface area contributed by atoms with Crippen molar-refractivity contribution in [3.63, 3.8) is 0 Å². The van der Waals surface area contributed by atoms with Crippen molar-refractivity contribution in [1.82, 2.24) is 9.55 Å². The smallest absolute Gasteiger partial charge is 0.172 e. The first kappa shape index (κ1) is 12.2. The van der Waals surface area contributed by atoms with E-state index in [2.05, 4.69) is 4.98 Å². The Kier molecular flexibility index (Phi) is 3.62. The zero-order valence-corrected chi connectivity index (χ0v) is 10.3. The molecule has 1 aromatic carbocycles. The van der Waals surface area contributed by atoms with Crippen molar-refractivity contribution in [2.24, 2.45) is 7.05 Å². The monoisotopic (exact) mass is 246 g/mol. The molecule has 0 saturated heterocycles. The van der Waals surface area contributed by atoms with E-state index in [-0.39, 0.29) is 6.61 Å². The third-order valence-electron chi connectivity index (χ3n) is 2.62. The summed E-state index contributed by atoms with van der Waals surface area (Å²) in [6, 6.07) is 5.18. The highest BCUT2D eigenvalue weighted by atomic mass is 16.5. The average Bonchev–Trinajstić information content (AvgIpc) is 2.81. The number of aldehydes is 1. The van der Waals surface area contributed by atoms with Gasteiger partial charge in [-0.1, -0.05) is 6.07 Å². The molecule has 2 aromatic rings. The second-order valence-corrected chi connectivity index (χ2v) is 3.74. The first-order chi connectivity index (χ1) is 8.76. The maximum atomic E-state index is 11.0. The van der Waals surface area contributed by atoms with Crippen LogP contribution < -0.4 is 9.47 Å². The summed E-state index contributed by atoms with van der Waals surface area (Å²) in [5, 5.41) is 0. The number of carbonyl (C=O) groups excluding carboxylic acids is 1. The van der Waals surface area contributed by atoms with E-state index in [1.165, 1.54) is 7.11 Å². The normalized spacial score (nSPS) is 10.1. The van der Waals surface area contributed by atoms with E-state index >= 15 is 0 Å². The van der Waals surface area contributed by atoms with Crippen LogP contribution in [0.15, 0.2) is 30.6 Å². The number of hydrogen-bond acceptors (Lipinski definition) is 4. The quantitative estimate of drug-likeness (QED) is 0.755. The highest BCUT2D eigenvalue weighted by molar-refractivity contribution is 5.81. The molecule has 0 aliphatic rings. The van der Waals surface area contributed by atoms with E-state index in [0.717, 1.165) is 12.1 Å². The van der Waals surface area contributed by atoms with E-state index in [0.29, 0.717) is 17.1 Å². The van der Waals surface area contributed by atoms with E-state index in [1.54, 1.807) is 24.4 Å². The molecule has 0 radical (unpaired) electrons. The molecule has 0 atom stereocenters. The Morgan fingerprint density at radius 3 is 2.89 bits per heavy atom. The van der Waals surface area contributed by atoms with Gasteiger partial charge in [-0.15, -0.1) is 0 Å². The van der Waals surface area contributed by atoms with Gasteiger partial charge in [0.1, 0.15) is 12.4 Å². The lowest BCUT2D eigenvalue weighted by molar-refractivity contribution is 0.111. The molecule has 5 nitrogen and oxygen atoms in total. The molecule has 18 heavy (non-hydrogen) atoms. The molecular weight excluding hydrogens is 232 g/mol. The number of para-hydroxylation sites is 1. The third kappa shape index (κ3) is 2.34. The number of ether oxygens (including phenoxy) is 2. The van der Waals surface area contributed by atoms with Gasteiger partial charge < -0.3 is 14.0 Å². The zero-order chi connectivity index (χ0) is 13.0. The fourth-order valence-corrected chi connectivity index (χ4v) is 1.61. The standard InChI is InChI=1S/C13H14N2O3/c1-15-7-6-14-12(15)9-18-13-10(8-16)4-3-5-11(13)17-2/h3-8H,9H2,1-2H3. The Balaban J connectivity index is 2.22. The van der Waals surface area contributed by atoms with Gasteiger partial charge in [0.15, 0.2) is 17.8 Å². The second-order valence-electron chi connectivity index (χ2n) is 3.74. The minimum atomic E-state index is 0.282. The van der Waals surface area contributed by atoms with E-state index < -0.39 is 0 Å². The third-order valence-corrected chi connectivity index (χ3v) is 2.62. The van der Waals surface area contributed by atoms with Crippen LogP contribution in [0, 0.1) is 0 Å². The molecule has 0 saturated carbocycles. The van der Waals surface area contributed by atoms with Gasteiger partial charge >= 0.3 is 0 Å². The average molecular weight is 246 g/mol. The van der Waals surface area contributed by atoms with Crippen LogP contribution in [0.2, 0.25) is 0 Å². The van der Waals surface area contributed by atoms with Crippen LogP contribution in [0.25, 0.3) is 0 Å². The number of carbonyl (C=O) groups is 1. The molecular formula is C13H14N2O3. The van der Waals surface area contributed by atoms with E-state index in [4.69, 9.17) is 9.47 Å². The van der Waals surface area contributed by atoms with Crippen LogP contribution in [0.5, 0.6) is 11.5 Å². The van der Waals surface area contributed by atoms with Crippen molar-refractivity contribution in [2.45, 2.75) is 6.61 Å². The molecule has 1 aromatic heterocycles. The summed E-state index contributed by atoms with van der Waals surface area (Å²) in [6.07, 6.45) is 4.28. The predicted octanol–water partition coefficient (Wildman–Crippen LogP) is 1.82. The maximum absolute atomic E-state index is 11.0. The summed E-state index contributed by atoms with van der Waals surface area (Å²) in [5.74, 6) is 1.75. The molecule has 0 unspecified atom stereocenters. The van der Waals surface area contributed by atoms with Gasteiger partial charge in [0.25, 0.3) is 0 Å². The first-order valence-electron chi connectivity index (χ1n) is 5.47. The Morgan fingerprint density at radius 2 is 2.28 bits per heavy atom. The first-order valence-corrected chi connectivity index (χ1v) is 5.47. The van der Waals surface area contributed by atoms with Crippen molar-refractivity contribution in [2.75, 3.05) is 7.11 Å². The summed E-state index contributed by atoms with van der Waals surface area (Å²) in [4.78, 5) is 15.1. The lowest BCUT2D eigenvalue weighted by Gasteiger charge is -2.12. The summed E-state index contributed by atoms with van der Waals surface area (Å²) in [7, 11) is 3.42. The van der Waals surface area contributed by atoms with E-state index in [9.17, 15) is 4.79 Å². The summed E-state index contributed by atoms with van der Waals surface area (Å²) in [6.45, 7) is 0.282. The fourth-order valence-electron chi connectivity index (χ4n) is 1.61. The molecule has 0 aliphatic carbocycles. The predicted molar refractivity (Wildman–Crippen MR) is 65.9 cm³/mol. The van der Waals surface area contributed by atoms with Crippen LogP contribution in [0.1, 0.15) is 16.2 Å². The number of nitrogens with zero attached hydrogens (tertiary/aromatic N) is 2. The molecule has 5 heteroatoms. The summed E-state index contributed by atoms with van der Waals surface area (Å²) in [5.41, 5.74) is 0.462. The number of rotatable bonds is 5. The minimum Gasteiger partial charge on any atom is -0.493 e. The molecule has 1 heterocycles. The second kappa shape index (κ2) is 5.35. The number of aromatic nitrogens is 2. The molecule has 0 amide bonds. The van der Waals surface area contributed by atoms with Crippen molar-refractivity contribution in [3.05, 3.63) is 42.0 Å². The Labute approximate surface area is 105 Å². The van der Waals surface area contributed by atoms with Gasteiger partial charge in [-0.3, -0.25) is 4.79 Å². The van der Waals surface area contributed by atoms with Gasteiger partial charge in [0, 0.05) is 19.4 Å². The molecule has 2 rings (SSSR count). The largest absolute Gasteiger partial charge is 0.493 e. The lowest BCUT2D eigenvalue weighted by Crippen LogP contribution is -2.05. The number of hydrogen-bond donors (Lipinski definition) is 0. The van der Waals surface area contributed by atoms with Gasteiger partial charge in [-0.05, 0) is 12.1 Å². The molecule has 0 N–H and O–H groups in total. The van der Waals surface area contributed by atoms with Crippen LogP contribution >= 0.6 is 0 Å². The zero-order valence-electron chi connectivity index (χ0n) is 10.3. The van der Waals surface area contributed by atoms with Gasteiger partial charge in [0.2, 0.25) is 0 Å². The van der Waals surface area contributed by atoms with Gasteiger partial charge in [-0.25, -0.2) is 4.98 Å². The molecule has 0 bridgehead atoms. The Hall–Kier alpha value is -2.30. The highest BCUT2D eigenvalue weighted by Gasteiger charge is 2.11. The number of methoxy groups -OCH3 is 1. The van der Waals surface area contributed by atoms with Crippen molar-refractivity contribution in [3.8, 4) is 11.5 Å². The van der Waals surface area contributed by atoms with Crippen LogP contribution in [-0.2, 0) is 13.7 Å². The fraction of sp³-hybridized carbons (Fsp3) is 0.231. The van der Waals surface area contributed by atoms with Crippen LogP contribution in [0.4, 0.5) is 0 Å². The highest BCUT2D eigenvalue weighted by Crippen LogP contribution is 2.30. The molecule has 0 fully saturated rings. The summed E-state index contributed by atoms with van der Waals surface area (Å²) >= 11 is 0. The lowest BCUT2D eigenvalue weighted by atomic mass is 10.2. The number of aryl methyl sites for hydroxylation is 1. The van der Waals surface area contributed by atoms with Crippen molar-refractivity contribution < 1.29 is 14.3 Å². The topological polar surface area (TPSA) is 53.4 Å². The number of benzene rings is 1. The SMILES string of the molecule is COc1cccc(C=O)c1OCc1nccn1C. The minimum absolute atomic E-state index is 0.282. The molecule has 0 aliphatic heterocycles. The maximum Gasteiger partial charge on any atom is 0.172 e. The van der Waals surface area contributed by atoms with E-state index in [1.807, 2.05) is 17.8 Å². The Bertz CT molecular complexity index is 549. The Morgan fingerprint density at radius 1 is 1.44 bits per heavy atom. The molecule has 0 spiro atoms.